The molecule has 0 aliphatic rings. The van der Waals surface area contributed by atoms with E-state index in [-0.39, 0.29) is 13.2 Å². The molecule has 0 radical (unpaired) electrons. The highest BCUT2D eigenvalue weighted by Crippen LogP contribution is 2.16. The first kappa shape index (κ1) is 16.8. The van der Waals surface area contributed by atoms with Gasteiger partial charge in [0.2, 0.25) is 0 Å². The highest BCUT2D eigenvalue weighted by Gasteiger charge is 2.35. The summed E-state index contributed by atoms with van der Waals surface area (Å²) < 4.78 is 15.1. The molecule has 7 heteroatoms. The first-order valence-electron chi connectivity index (χ1n) is 6.21. The number of aliphatic carboxylic acids is 1. The second kappa shape index (κ2) is 7.49. The number of benzene rings is 1. The Bertz CT molecular complexity index is 487. The summed E-state index contributed by atoms with van der Waals surface area (Å²) in [7, 11) is 2.91. The van der Waals surface area contributed by atoms with Gasteiger partial charge in [0.25, 0.3) is 5.91 Å². The van der Waals surface area contributed by atoms with Gasteiger partial charge in [0, 0.05) is 7.11 Å². The van der Waals surface area contributed by atoms with E-state index in [1.165, 1.54) is 14.0 Å². The van der Waals surface area contributed by atoms with E-state index >= 15 is 0 Å². The number of carbonyl (C=O) groups excluding carboxylic acids is 1. The van der Waals surface area contributed by atoms with Crippen LogP contribution in [-0.2, 0) is 14.3 Å². The minimum atomic E-state index is -1.49. The van der Waals surface area contributed by atoms with Gasteiger partial charge < -0.3 is 24.6 Å². The summed E-state index contributed by atoms with van der Waals surface area (Å²) in [5, 5.41) is 11.5. The van der Waals surface area contributed by atoms with Crippen LogP contribution in [0.25, 0.3) is 0 Å². The standard InChI is InChI=1S/C14H19NO6/c1-14(9-19-2,13(17)18)15-12(16)8-21-11-6-4-10(20-3)5-7-11/h4-7H,8-9H2,1-3H3,(H,15,16)(H,17,18). The smallest absolute Gasteiger partial charge is 0.331 e. The van der Waals surface area contributed by atoms with Crippen LogP contribution in [0, 0.1) is 0 Å². The third kappa shape index (κ3) is 4.96. The molecule has 1 rings (SSSR count). The van der Waals surface area contributed by atoms with Gasteiger partial charge in [-0.25, -0.2) is 4.79 Å². The number of hydrogen-bond acceptors (Lipinski definition) is 5. The lowest BCUT2D eigenvalue weighted by molar-refractivity contribution is -0.149. The van der Waals surface area contributed by atoms with Crippen LogP contribution >= 0.6 is 0 Å². The van der Waals surface area contributed by atoms with Gasteiger partial charge in [0.05, 0.1) is 13.7 Å². The lowest BCUT2D eigenvalue weighted by Crippen LogP contribution is -2.56. The highest BCUT2D eigenvalue weighted by atomic mass is 16.5. The second-order valence-corrected chi connectivity index (χ2v) is 4.58. The average molecular weight is 297 g/mol. The van der Waals surface area contributed by atoms with Crippen molar-refractivity contribution in [1.29, 1.82) is 0 Å². The van der Waals surface area contributed by atoms with Crippen molar-refractivity contribution in [1.82, 2.24) is 5.32 Å². The molecule has 0 aliphatic carbocycles. The Balaban J connectivity index is 2.54. The molecule has 0 heterocycles. The molecule has 1 atom stereocenters. The molecule has 116 valence electrons. The van der Waals surface area contributed by atoms with Crippen LogP contribution in [-0.4, -0.2) is 50.0 Å². The van der Waals surface area contributed by atoms with Crippen LogP contribution in [0.2, 0.25) is 0 Å². The van der Waals surface area contributed by atoms with Crippen molar-refractivity contribution in [2.24, 2.45) is 0 Å². The summed E-state index contributed by atoms with van der Waals surface area (Å²) in [6.07, 6.45) is 0. The summed E-state index contributed by atoms with van der Waals surface area (Å²) in [6, 6.07) is 6.69. The van der Waals surface area contributed by atoms with Gasteiger partial charge in [-0.2, -0.15) is 0 Å². The van der Waals surface area contributed by atoms with E-state index in [2.05, 4.69) is 5.32 Å². The topological polar surface area (TPSA) is 94.1 Å². The quantitative estimate of drug-likeness (QED) is 0.733. The second-order valence-electron chi connectivity index (χ2n) is 4.58. The van der Waals surface area contributed by atoms with Gasteiger partial charge in [0.1, 0.15) is 11.5 Å². The van der Waals surface area contributed by atoms with Gasteiger partial charge in [-0.15, -0.1) is 0 Å². The molecule has 0 bridgehead atoms. The van der Waals surface area contributed by atoms with E-state index in [0.29, 0.717) is 11.5 Å². The number of methoxy groups -OCH3 is 2. The lowest BCUT2D eigenvalue weighted by atomic mass is 10.0. The summed E-state index contributed by atoms with van der Waals surface area (Å²) in [6.45, 7) is 0.930. The number of rotatable bonds is 8. The van der Waals surface area contributed by atoms with E-state index < -0.39 is 17.4 Å². The summed E-state index contributed by atoms with van der Waals surface area (Å²) in [5.41, 5.74) is -1.49. The normalized spacial score (nSPS) is 13.1. The number of amides is 1. The number of carboxylic acid groups (broad SMARTS) is 1. The molecule has 21 heavy (non-hydrogen) atoms. The Morgan fingerprint density at radius 2 is 1.76 bits per heavy atom. The number of carbonyl (C=O) groups is 2. The van der Waals surface area contributed by atoms with Crippen LogP contribution in [0.5, 0.6) is 11.5 Å². The van der Waals surface area contributed by atoms with Gasteiger partial charge in [-0.1, -0.05) is 0 Å². The average Bonchev–Trinajstić information content (AvgIpc) is 2.45. The Hall–Kier alpha value is -2.28. The SMILES string of the molecule is COCC(C)(NC(=O)COc1ccc(OC)cc1)C(=O)O. The number of nitrogens with one attached hydrogen (secondary N) is 1. The highest BCUT2D eigenvalue weighted by molar-refractivity contribution is 5.87. The molecule has 0 saturated carbocycles. The number of hydrogen-bond donors (Lipinski definition) is 2. The first-order valence-corrected chi connectivity index (χ1v) is 6.21. The van der Waals surface area contributed by atoms with E-state index in [0.717, 1.165) is 0 Å². The predicted octanol–water partition coefficient (Wildman–Crippen LogP) is 0.680. The third-order valence-electron chi connectivity index (χ3n) is 2.75. The van der Waals surface area contributed by atoms with Crippen LogP contribution in [0.3, 0.4) is 0 Å². The van der Waals surface area contributed by atoms with Crippen molar-refractivity contribution in [2.75, 3.05) is 27.4 Å². The van der Waals surface area contributed by atoms with Crippen LogP contribution < -0.4 is 14.8 Å². The Labute approximate surface area is 122 Å². The van der Waals surface area contributed by atoms with Crippen molar-refractivity contribution >= 4 is 11.9 Å². The lowest BCUT2D eigenvalue weighted by Gasteiger charge is -2.25. The van der Waals surface area contributed by atoms with Crippen molar-refractivity contribution in [3.8, 4) is 11.5 Å². The zero-order valence-electron chi connectivity index (χ0n) is 12.2. The molecule has 7 nitrogen and oxygen atoms in total. The maximum Gasteiger partial charge on any atom is 0.331 e. The summed E-state index contributed by atoms with van der Waals surface area (Å²) in [4.78, 5) is 22.9. The molecule has 1 amide bonds. The number of carboxylic acids is 1. The predicted molar refractivity (Wildman–Crippen MR) is 74.5 cm³/mol. The molecule has 2 N–H and O–H groups in total. The molecule has 1 aromatic rings. The van der Waals surface area contributed by atoms with E-state index in [9.17, 15) is 9.59 Å². The molecule has 1 aromatic carbocycles. The van der Waals surface area contributed by atoms with Crippen molar-refractivity contribution in [2.45, 2.75) is 12.5 Å². The fourth-order valence-electron chi connectivity index (χ4n) is 1.60. The third-order valence-corrected chi connectivity index (χ3v) is 2.75. The van der Waals surface area contributed by atoms with Crippen LogP contribution in [0.4, 0.5) is 0 Å². The maximum absolute atomic E-state index is 11.8. The van der Waals surface area contributed by atoms with Crippen molar-refractivity contribution < 1.29 is 28.9 Å². The Morgan fingerprint density at radius 3 is 2.24 bits per heavy atom. The monoisotopic (exact) mass is 297 g/mol. The minimum absolute atomic E-state index is 0.142. The molecule has 0 fully saturated rings. The van der Waals surface area contributed by atoms with E-state index in [1.807, 2.05) is 0 Å². The molecular weight excluding hydrogens is 278 g/mol. The fraction of sp³-hybridized carbons (Fsp3) is 0.429. The molecular formula is C14H19NO6. The molecule has 0 saturated heterocycles. The van der Waals surface area contributed by atoms with Crippen LogP contribution in [0.15, 0.2) is 24.3 Å². The molecule has 0 aliphatic heterocycles. The zero-order chi connectivity index (χ0) is 15.9. The fourth-order valence-corrected chi connectivity index (χ4v) is 1.60. The largest absolute Gasteiger partial charge is 0.497 e. The first-order chi connectivity index (χ1) is 9.91. The van der Waals surface area contributed by atoms with Crippen molar-refractivity contribution in [3.63, 3.8) is 0 Å². The molecule has 1 unspecified atom stereocenters. The molecule has 0 spiro atoms. The molecule has 0 aromatic heterocycles. The van der Waals surface area contributed by atoms with Crippen molar-refractivity contribution in [3.05, 3.63) is 24.3 Å². The van der Waals surface area contributed by atoms with Gasteiger partial charge >= 0.3 is 5.97 Å². The zero-order valence-corrected chi connectivity index (χ0v) is 12.2. The van der Waals surface area contributed by atoms with Gasteiger partial charge in [-0.3, -0.25) is 4.79 Å². The van der Waals surface area contributed by atoms with Gasteiger partial charge in [0.15, 0.2) is 12.1 Å². The van der Waals surface area contributed by atoms with Gasteiger partial charge in [-0.05, 0) is 31.2 Å². The Kier molecular flexibility index (Phi) is 5.98. The summed E-state index contributed by atoms with van der Waals surface area (Å²) >= 11 is 0. The maximum atomic E-state index is 11.8. The van der Waals surface area contributed by atoms with Crippen LogP contribution in [0.1, 0.15) is 6.92 Å². The summed E-state index contributed by atoms with van der Waals surface area (Å²) in [5.74, 6) is -0.574. The Morgan fingerprint density at radius 1 is 1.19 bits per heavy atom. The van der Waals surface area contributed by atoms with E-state index in [4.69, 9.17) is 19.3 Å². The van der Waals surface area contributed by atoms with E-state index in [1.54, 1.807) is 31.4 Å². The number of ether oxygens (including phenoxy) is 3. The minimum Gasteiger partial charge on any atom is -0.497 e.